The van der Waals surface area contributed by atoms with E-state index in [0.29, 0.717) is 14.9 Å². The molecular weight excluding hydrogens is 232 g/mol. The van der Waals surface area contributed by atoms with Crippen LogP contribution in [0, 0.1) is 0 Å². The zero-order valence-electron chi connectivity index (χ0n) is 5.66. The Morgan fingerprint density at radius 3 is 1.83 bits per heavy atom. The second-order valence-corrected chi connectivity index (χ2v) is 2.84. The van der Waals surface area contributed by atoms with Gasteiger partial charge in [0, 0.05) is 4.90 Å². The maximum atomic E-state index is 5.67. The van der Waals surface area contributed by atoms with Crippen molar-refractivity contribution < 1.29 is 14.1 Å². The van der Waals surface area contributed by atoms with Crippen LogP contribution in [0.25, 0.3) is 0 Å². The summed E-state index contributed by atoms with van der Waals surface area (Å²) in [5.74, 6) is 0. The standard InChI is InChI=1S/C6H4Cl2S.3FH/c7-4-2-1-3-5(9)6(4)8;;;/h1-3,9H;3*1H. The third-order valence-corrected chi connectivity index (χ3v) is 2.25. The Morgan fingerprint density at radius 2 is 1.50 bits per heavy atom. The van der Waals surface area contributed by atoms with Crippen molar-refractivity contribution in [2.45, 2.75) is 4.90 Å². The van der Waals surface area contributed by atoms with Gasteiger partial charge in [0.05, 0.1) is 10.0 Å². The molecule has 0 aliphatic heterocycles. The summed E-state index contributed by atoms with van der Waals surface area (Å²) < 4.78 is 0. The van der Waals surface area contributed by atoms with Crippen LogP contribution in [0.15, 0.2) is 23.1 Å². The van der Waals surface area contributed by atoms with Gasteiger partial charge in [-0.05, 0) is 12.1 Å². The van der Waals surface area contributed by atoms with Gasteiger partial charge in [-0.15, -0.1) is 12.6 Å². The van der Waals surface area contributed by atoms with Gasteiger partial charge in [-0.1, -0.05) is 29.3 Å². The molecule has 1 aromatic rings. The molecule has 0 heterocycles. The van der Waals surface area contributed by atoms with E-state index in [1.54, 1.807) is 18.2 Å². The largest absolute Gasteiger partial charge is 0.269 e. The maximum absolute atomic E-state index is 5.67. The number of halogens is 5. The molecule has 0 radical (unpaired) electrons. The van der Waals surface area contributed by atoms with Crippen molar-refractivity contribution in [1.82, 2.24) is 0 Å². The molecule has 0 aliphatic carbocycles. The lowest BCUT2D eigenvalue weighted by atomic mass is 10.4. The molecule has 72 valence electrons. The average Bonchev–Trinajstić information content (AvgIpc) is 1.83. The lowest BCUT2D eigenvalue weighted by Crippen LogP contribution is -1.68. The van der Waals surface area contributed by atoms with Crippen molar-refractivity contribution in [3.63, 3.8) is 0 Å². The number of hydrogen-bond donors (Lipinski definition) is 1. The molecule has 1 rings (SSSR count). The SMILES string of the molecule is F.F.F.Sc1cccc(Cl)c1Cl. The summed E-state index contributed by atoms with van der Waals surface area (Å²) in [6, 6.07) is 5.32. The fraction of sp³-hybridized carbons (Fsp3) is 0. The molecule has 1 aromatic carbocycles. The highest BCUT2D eigenvalue weighted by atomic mass is 35.5. The molecule has 0 aliphatic rings. The first-order valence-electron chi connectivity index (χ1n) is 2.35. The third-order valence-electron chi connectivity index (χ3n) is 0.931. The highest BCUT2D eigenvalue weighted by molar-refractivity contribution is 7.80. The molecular formula is C6H7Cl2F3S. The number of rotatable bonds is 0. The summed E-state index contributed by atoms with van der Waals surface area (Å²) in [5.41, 5.74) is 0. The first kappa shape index (κ1) is 17.9. The van der Waals surface area contributed by atoms with Gasteiger partial charge in [-0.3, -0.25) is 14.1 Å². The zero-order chi connectivity index (χ0) is 6.85. The van der Waals surface area contributed by atoms with Crippen LogP contribution in [-0.2, 0) is 0 Å². The lowest BCUT2D eigenvalue weighted by Gasteiger charge is -1.95. The molecule has 0 nitrogen and oxygen atoms in total. The van der Waals surface area contributed by atoms with Crippen LogP contribution >= 0.6 is 35.8 Å². The normalized spacial score (nSPS) is 7.25. The molecule has 0 atom stereocenters. The molecule has 0 bridgehead atoms. The van der Waals surface area contributed by atoms with E-state index in [2.05, 4.69) is 12.6 Å². The fourth-order valence-electron chi connectivity index (χ4n) is 0.492. The predicted molar refractivity (Wildman–Crippen MR) is 51.2 cm³/mol. The average molecular weight is 239 g/mol. The van der Waals surface area contributed by atoms with Crippen LogP contribution in [0.1, 0.15) is 0 Å². The van der Waals surface area contributed by atoms with Crippen molar-refractivity contribution in [2.75, 3.05) is 0 Å². The minimum atomic E-state index is 0. The van der Waals surface area contributed by atoms with Crippen molar-refractivity contribution in [3.05, 3.63) is 28.2 Å². The summed E-state index contributed by atoms with van der Waals surface area (Å²) in [5, 5.41) is 1.06. The summed E-state index contributed by atoms with van der Waals surface area (Å²) in [7, 11) is 0. The van der Waals surface area contributed by atoms with Crippen LogP contribution < -0.4 is 0 Å². The van der Waals surface area contributed by atoms with Crippen LogP contribution in [0.5, 0.6) is 0 Å². The van der Waals surface area contributed by atoms with E-state index in [-0.39, 0.29) is 14.1 Å². The fourth-order valence-corrected chi connectivity index (χ4v) is 1.07. The minimum absolute atomic E-state index is 0. The van der Waals surface area contributed by atoms with E-state index < -0.39 is 0 Å². The zero-order valence-corrected chi connectivity index (χ0v) is 8.07. The number of thiol groups is 1. The molecule has 0 fully saturated rings. The summed E-state index contributed by atoms with van der Waals surface area (Å²) in [4.78, 5) is 0.712. The molecule has 0 spiro atoms. The molecule has 0 aromatic heterocycles. The van der Waals surface area contributed by atoms with E-state index in [9.17, 15) is 0 Å². The smallest absolute Gasteiger partial charge is 0.0725 e. The highest BCUT2D eigenvalue weighted by Crippen LogP contribution is 2.27. The van der Waals surface area contributed by atoms with Gasteiger partial charge in [-0.25, -0.2) is 0 Å². The van der Waals surface area contributed by atoms with Gasteiger partial charge in [0.25, 0.3) is 0 Å². The lowest BCUT2D eigenvalue weighted by molar-refractivity contribution is 1.11. The number of benzene rings is 1. The van der Waals surface area contributed by atoms with Crippen LogP contribution in [0.4, 0.5) is 14.1 Å². The molecule has 6 heteroatoms. The van der Waals surface area contributed by atoms with Crippen molar-refractivity contribution >= 4 is 35.8 Å². The summed E-state index contributed by atoms with van der Waals surface area (Å²) in [6.45, 7) is 0. The second-order valence-electron chi connectivity index (χ2n) is 1.57. The first-order valence-corrected chi connectivity index (χ1v) is 3.55. The van der Waals surface area contributed by atoms with E-state index >= 15 is 0 Å². The van der Waals surface area contributed by atoms with E-state index in [1.807, 2.05) is 0 Å². The molecule has 0 saturated carbocycles. The van der Waals surface area contributed by atoms with Gasteiger partial charge in [0.2, 0.25) is 0 Å². The Balaban J connectivity index is -0.000000270. The van der Waals surface area contributed by atoms with Gasteiger partial charge in [0.15, 0.2) is 0 Å². The second kappa shape index (κ2) is 7.58. The Bertz CT molecular complexity index is 212. The first-order chi connectivity index (χ1) is 4.22. The van der Waals surface area contributed by atoms with Crippen molar-refractivity contribution in [2.24, 2.45) is 0 Å². The summed E-state index contributed by atoms with van der Waals surface area (Å²) >= 11 is 15.4. The molecule has 0 saturated heterocycles. The Labute approximate surface area is 83.4 Å². The van der Waals surface area contributed by atoms with Crippen LogP contribution in [0.3, 0.4) is 0 Å². The highest BCUT2D eigenvalue weighted by Gasteiger charge is 1.97. The van der Waals surface area contributed by atoms with E-state index in [0.717, 1.165) is 0 Å². The Morgan fingerprint density at radius 1 is 1.00 bits per heavy atom. The van der Waals surface area contributed by atoms with Gasteiger partial charge in [-0.2, -0.15) is 0 Å². The number of hydrogen-bond acceptors (Lipinski definition) is 1. The molecule has 12 heavy (non-hydrogen) atoms. The molecule has 0 N–H and O–H groups in total. The van der Waals surface area contributed by atoms with Gasteiger partial charge < -0.3 is 0 Å². The predicted octanol–water partition coefficient (Wildman–Crippen LogP) is 3.74. The van der Waals surface area contributed by atoms with Crippen molar-refractivity contribution in [1.29, 1.82) is 0 Å². The molecule has 0 amide bonds. The van der Waals surface area contributed by atoms with Crippen LogP contribution in [0.2, 0.25) is 10.0 Å². The maximum Gasteiger partial charge on any atom is 0.0725 e. The monoisotopic (exact) mass is 238 g/mol. The van der Waals surface area contributed by atoms with Crippen LogP contribution in [-0.4, -0.2) is 0 Å². The third kappa shape index (κ3) is 4.09. The van der Waals surface area contributed by atoms with Crippen molar-refractivity contribution in [3.8, 4) is 0 Å². The Kier molecular flexibility index (Phi) is 11.3. The topological polar surface area (TPSA) is 0 Å². The minimum Gasteiger partial charge on any atom is -0.269 e. The molecule has 0 unspecified atom stereocenters. The van der Waals surface area contributed by atoms with E-state index in [4.69, 9.17) is 23.2 Å². The quantitative estimate of drug-likeness (QED) is 0.655. The van der Waals surface area contributed by atoms with E-state index in [1.165, 1.54) is 0 Å². The van der Waals surface area contributed by atoms with Gasteiger partial charge in [0.1, 0.15) is 0 Å². The summed E-state index contributed by atoms with van der Waals surface area (Å²) in [6.07, 6.45) is 0. The van der Waals surface area contributed by atoms with Gasteiger partial charge >= 0.3 is 0 Å². The Hall–Kier alpha value is -0.0600.